The summed E-state index contributed by atoms with van der Waals surface area (Å²) < 4.78 is 7.38. The predicted octanol–water partition coefficient (Wildman–Crippen LogP) is 1.41. The number of hydrogen-bond donors (Lipinski definition) is 2. The molecule has 0 saturated carbocycles. The standard InChI is InChI=1S/C4H10NOPS2/c8-7(9)5-1-3-6-4-2-5/h8-9H,1-4H2. The number of thiol groups is 2. The van der Waals surface area contributed by atoms with Crippen LogP contribution in [0.1, 0.15) is 0 Å². The lowest BCUT2D eigenvalue weighted by atomic mass is 10.5. The first-order chi connectivity index (χ1) is 4.30. The molecule has 0 aliphatic carbocycles. The van der Waals surface area contributed by atoms with Crippen molar-refractivity contribution in [3.8, 4) is 0 Å². The summed E-state index contributed by atoms with van der Waals surface area (Å²) in [5.41, 5.74) is 0. The average Bonchev–Trinajstić information content (AvgIpc) is 1.90. The maximum atomic E-state index is 5.15. The minimum absolute atomic E-state index is 0.476. The number of hydrogen-bond acceptors (Lipinski definition) is 4. The Balaban J connectivity index is 2.23. The van der Waals surface area contributed by atoms with E-state index < -0.39 is 6.48 Å². The van der Waals surface area contributed by atoms with Crippen LogP contribution in [0, 0.1) is 0 Å². The third-order valence-corrected chi connectivity index (χ3v) is 3.66. The minimum atomic E-state index is -0.476. The first kappa shape index (κ1) is 8.15. The lowest BCUT2D eigenvalue weighted by Gasteiger charge is -2.27. The molecule has 9 heavy (non-hydrogen) atoms. The van der Waals surface area contributed by atoms with Gasteiger partial charge in [-0.3, -0.25) is 4.67 Å². The molecule has 0 amide bonds. The molecule has 1 aliphatic heterocycles. The first-order valence-corrected chi connectivity index (χ1v) is 6.41. The fraction of sp³-hybridized carbons (Fsp3) is 1.00. The topological polar surface area (TPSA) is 12.5 Å². The molecule has 0 aromatic heterocycles. The molecule has 0 unspecified atom stereocenters. The Labute approximate surface area is 67.1 Å². The highest BCUT2D eigenvalue weighted by Gasteiger charge is 2.13. The van der Waals surface area contributed by atoms with Crippen LogP contribution in [0.15, 0.2) is 0 Å². The van der Waals surface area contributed by atoms with Crippen molar-refractivity contribution in [2.75, 3.05) is 26.3 Å². The van der Waals surface area contributed by atoms with E-state index >= 15 is 0 Å². The van der Waals surface area contributed by atoms with E-state index in [1.54, 1.807) is 0 Å². The summed E-state index contributed by atoms with van der Waals surface area (Å²) in [6.45, 7) is 3.16. The number of ether oxygens (including phenoxy) is 1. The third kappa shape index (κ3) is 2.64. The van der Waals surface area contributed by atoms with Gasteiger partial charge in [-0.05, 0) is 0 Å². The van der Waals surface area contributed by atoms with Crippen LogP contribution in [0.25, 0.3) is 0 Å². The fourth-order valence-electron chi connectivity index (χ4n) is 0.733. The molecule has 54 valence electrons. The van der Waals surface area contributed by atoms with Crippen LogP contribution in [-0.4, -0.2) is 31.0 Å². The van der Waals surface area contributed by atoms with Gasteiger partial charge in [0.1, 0.15) is 0 Å². The van der Waals surface area contributed by atoms with Crippen molar-refractivity contribution < 1.29 is 4.74 Å². The first-order valence-electron chi connectivity index (χ1n) is 2.81. The van der Waals surface area contributed by atoms with Gasteiger partial charge >= 0.3 is 0 Å². The molecular weight excluding hydrogens is 173 g/mol. The zero-order valence-electron chi connectivity index (χ0n) is 5.03. The van der Waals surface area contributed by atoms with Gasteiger partial charge in [0.25, 0.3) is 0 Å². The molecule has 1 saturated heterocycles. The van der Waals surface area contributed by atoms with Crippen molar-refractivity contribution >= 4 is 31.0 Å². The summed E-state index contributed by atoms with van der Waals surface area (Å²) >= 11 is 8.48. The second-order valence-corrected chi connectivity index (χ2v) is 6.16. The quantitative estimate of drug-likeness (QED) is 0.471. The lowest BCUT2D eigenvalue weighted by Crippen LogP contribution is -2.30. The van der Waals surface area contributed by atoms with Crippen molar-refractivity contribution in [1.29, 1.82) is 0 Å². The van der Waals surface area contributed by atoms with Gasteiger partial charge in [0.15, 0.2) is 0 Å². The van der Waals surface area contributed by atoms with E-state index in [-0.39, 0.29) is 0 Å². The maximum Gasteiger partial charge on any atom is 0.0812 e. The molecule has 1 aliphatic rings. The zero-order chi connectivity index (χ0) is 6.69. The Hall–Kier alpha value is 1.05. The van der Waals surface area contributed by atoms with Gasteiger partial charge in [-0.1, -0.05) is 0 Å². The summed E-state index contributed by atoms with van der Waals surface area (Å²) in [4.78, 5) is 0. The van der Waals surface area contributed by atoms with Crippen LogP contribution in [0.5, 0.6) is 0 Å². The van der Waals surface area contributed by atoms with E-state index in [9.17, 15) is 0 Å². The van der Waals surface area contributed by atoms with Crippen molar-refractivity contribution in [2.45, 2.75) is 0 Å². The van der Waals surface area contributed by atoms with Gasteiger partial charge in [0, 0.05) is 13.1 Å². The van der Waals surface area contributed by atoms with Crippen molar-refractivity contribution in [3.05, 3.63) is 0 Å². The second-order valence-electron chi connectivity index (χ2n) is 1.83. The van der Waals surface area contributed by atoms with E-state index in [4.69, 9.17) is 4.74 Å². The van der Waals surface area contributed by atoms with Gasteiger partial charge < -0.3 is 4.74 Å². The Kier molecular flexibility index (Phi) is 3.66. The van der Waals surface area contributed by atoms with Crippen LogP contribution < -0.4 is 0 Å². The molecule has 2 nitrogen and oxygen atoms in total. The Morgan fingerprint density at radius 2 is 1.78 bits per heavy atom. The summed E-state index contributed by atoms with van der Waals surface area (Å²) in [5.74, 6) is 0. The normalized spacial score (nSPS) is 23.0. The zero-order valence-corrected chi connectivity index (χ0v) is 7.71. The Bertz CT molecular complexity index is 86.6. The average molecular weight is 183 g/mol. The summed E-state index contributed by atoms with van der Waals surface area (Å²) in [7, 11) is 0. The van der Waals surface area contributed by atoms with E-state index in [1.165, 1.54) is 0 Å². The monoisotopic (exact) mass is 183 g/mol. The van der Waals surface area contributed by atoms with E-state index in [0.29, 0.717) is 0 Å². The maximum absolute atomic E-state index is 5.15. The van der Waals surface area contributed by atoms with E-state index in [2.05, 4.69) is 29.2 Å². The van der Waals surface area contributed by atoms with E-state index in [1.807, 2.05) is 0 Å². The van der Waals surface area contributed by atoms with Crippen molar-refractivity contribution in [1.82, 2.24) is 4.67 Å². The Morgan fingerprint density at radius 3 is 2.11 bits per heavy atom. The van der Waals surface area contributed by atoms with E-state index in [0.717, 1.165) is 26.3 Å². The molecule has 1 heterocycles. The number of morpholine rings is 1. The van der Waals surface area contributed by atoms with Crippen LogP contribution in [0.4, 0.5) is 0 Å². The summed E-state index contributed by atoms with van der Waals surface area (Å²) in [5, 5.41) is 0. The summed E-state index contributed by atoms with van der Waals surface area (Å²) in [6.07, 6.45) is 0. The minimum Gasteiger partial charge on any atom is -0.379 e. The Morgan fingerprint density at radius 1 is 1.22 bits per heavy atom. The molecule has 0 spiro atoms. The van der Waals surface area contributed by atoms with Gasteiger partial charge in [0.2, 0.25) is 0 Å². The van der Waals surface area contributed by atoms with Crippen molar-refractivity contribution in [3.63, 3.8) is 0 Å². The third-order valence-electron chi connectivity index (χ3n) is 1.24. The van der Waals surface area contributed by atoms with Gasteiger partial charge in [-0.15, -0.1) is 24.5 Å². The molecule has 0 aromatic rings. The van der Waals surface area contributed by atoms with Crippen LogP contribution in [0.2, 0.25) is 0 Å². The largest absolute Gasteiger partial charge is 0.379 e. The molecule has 0 bridgehead atoms. The highest BCUT2D eigenvalue weighted by atomic mass is 33.1. The summed E-state index contributed by atoms with van der Waals surface area (Å²) in [6, 6.07) is 0. The predicted molar refractivity (Wildman–Crippen MR) is 47.3 cm³/mol. The SMILES string of the molecule is SP(S)N1CCOCC1. The van der Waals surface area contributed by atoms with Gasteiger partial charge in [-0.2, -0.15) is 0 Å². The molecule has 5 heteroatoms. The molecule has 0 N–H and O–H groups in total. The van der Waals surface area contributed by atoms with Crippen LogP contribution >= 0.6 is 31.0 Å². The highest BCUT2D eigenvalue weighted by Crippen LogP contribution is 2.49. The van der Waals surface area contributed by atoms with Gasteiger partial charge in [-0.25, -0.2) is 0 Å². The van der Waals surface area contributed by atoms with Crippen molar-refractivity contribution in [2.24, 2.45) is 0 Å². The fourth-order valence-corrected chi connectivity index (χ4v) is 2.33. The molecule has 1 fully saturated rings. The van der Waals surface area contributed by atoms with Crippen LogP contribution in [0.3, 0.4) is 0 Å². The van der Waals surface area contributed by atoms with Gasteiger partial charge in [0.05, 0.1) is 19.7 Å². The molecule has 0 atom stereocenters. The molecule has 0 radical (unpaired) electrons. The highest BCUT2D eigenvalue weighted by molar-refractivity contribution is 8.77. The molecule has 0 aromatic carbocycles. The lowest BCUT2D eigenvalue weighted by molar-refractivity contribution is 0.0763. The second kappa shape index (κ2) is 4.04. The molecular formula is C4H10NOPS2. The van der Waals surface area contributed by atoms with Crippen LogP contribution in [-0.2, 0) is 4.74 Å². The smallest absolute Gasteiger partial charge is 0.0812 e. The number of rotatable bonds is 1. The number of nitrogens with zero attached hydrogens (tertiary/aromatic N) is 1. The molecule has 1 rings (SSSR count).